The average Bonchev–Trinajstić information content (AvgIpc) is 2.91. The molecule has 0 saturated heterocycles. The molecule has 0 aliphatic carbocycles. The molecule has 2 aromatic carbocycles. The summed E-state index contributed by atoms with van der Waals surface area (Å²) in [7, 11) is 0. The minimum Gasteiger partial charge on any atom is -0.488 e. The van der Waals surface area contributed by atoms with E-state index in [2.05, 4.69) is 31.5 Å². The van der Waals surface area contributed by atoms with Crippen LogP contribution < -0.4 is 4.74 Å². The van der Waals surface area contributed by atoms with Crippen molar-refractivity contribution < 1.29 is 13.9 Å². The highest BCUT2D eigenvalue weighted by Gasteiger charge is 2.06. The minimum atomic E-state index is -0.211. The van der Waals surface area contributed by atoms with Gasteiger partial charge in [-0.25, -0.2) is 4.39 Å². The third-order valence-corrected chi connectivity index (χ3v) is 6.05. The highest BCUT2D eigenvalue weighted by atomic mass is 19.1. The summed E-state index contributed by atoms with van der Waals surface area (Å²) in [5.41, 5.74) is 4.28. The second-order valence-corrected chi connectivity index (χ2v) is 9.01. The molecule has 3 aromatic rings. The number of halogens is 1. The van der Waals surface area contributed by atoms with Crippen molar-refractivity contribution in [2.75, 3.05) is 13.2 Å². The topological polar surface area (TPSA) is 31.4 Å². The van der Waals surface area contributed by atoms with Crippen LogP contribution in [0, 0.1) is 5.82 Å². The van der Waals surface area contributed by atoms with Gasteiger partial charge in [0.15, 0.2) is 0 Å². The first-order valence-corrected chi connectivity index (χ1v) is 13.0. The summed E-state index contributed by atoms with van der Waals surface area (Å²) in [6, 6.07) is 17.2. The highest BCUT2D eigenvalue weighted by Crippen LogP contribution is 2.26. The van der Waals surface area contributed by atoms with E-state index >= 15 is 0 Å². The Balaban J connectivity index is 1.51. The first-order valence-electron chi connectivity index (χ1n) is 13.0. The van der Waals surface area contributed by atoms with Gasteiger partial charge in [0.1, 0.15) is 18.2 Å². The summed E-state index contributed by atoms with van der Waals surface area (Å²) in [6.45, 7) is 9.28. The van der Waals surface area contributed by atoms with Crippen molar-refractivity contribution in [1.29, 1.82) is 0 Å². The average molecular weight is 488 g/mol. The third kappa shape index (κ3) is 8.76. The number of ether oxygens (including phenoxy) is 2. The zero-order chi connectivity index (χ0) is 25.6. The fourth-order valence-electron chi connectivity index (χ4n) is 3.92. The molecule has 1 unspecified atom stereocenters. The molecular formula is C32H38FNO2. The second-order valence-electron chi connectivity index (χ2n) is 9.01. The molecular weight excluding hydrogens is 449 g/mol. The van der Waals surface area contributed by atoms with Gasteiger partial charge in [-0.2, -0.15) is 0 Å². The summed E-state index contributed by atoms with van der Waals surface area (Å²) in [5, 5.41) is 0. The van der Waals surface area contributed by atoms with Crippen molar-refractivity contribution in [1.82, 2.24) is 4.98 Å². The number of benzene rings is 2. The van der Waals surface area contributed by atoms with Crippen molar-refractivity contribution in [3.8, 4) is 28.1 Å². The van der Waals surface area contributed by atoms with Crippen molar-refractivity contribution in [3.63, 3.8) is 0 Å². The lowest BCUT2D eigenvalue weighted by atomic mass is 10.0. The first kappa shape index (κ1) is 27.3. The smallest absolute Gasteiger partial charge is 0.138 e. The van der Waals surface area contributed by atoms with Crippen LogP contribution in [-0.4, -0.2) is 24.3 Å². The van der Waals surface area contributed by atoms with E-state index in [1.165, 1.54) is 12.8 Å². The Labute approximate surface area is 215 Å². The number of nitrogens with zero attached hydrogens (tertiary/aromatic N) is 1. The van der Waals surface area contributed by atoms with Gasteiger partial charge in [0, 0.05) is 17.7 Å². The predicted octanol–water partition coefficient (Wildman–Crippen LogP) is 8.90. The maximum absolute atomic E-state index is 14.7. The van der Waals surface area contributed by atoms with Crippen LogP contribution in [0.4, 0.5) is 4.39 Å². The molecule has 3 rings (SSSR count). The second kappa shape index (κ2) is 15.0. The summed E-state index contributed by atoms with van der Waals surface area (Å²) >= 11 is 0. The van der Waals surface area contributed by atoms with Crippen LogP contribution in [0.25, 0.3) is 28.5 Å². The Morgan fingerprint density at radius 1 is 0.972 bits per heavy atom. The number of rotatable bonds is 15. The van der Waals surface area contributed by atoms with Crippen LogP contribution >= 0.6 is 0 Å². The van der Waals surface area contributed by atoms with Crippen molar-refractivity contribution in [2.24, 2.45) is 0 Å². The van der Waals surface area contributed by atoms with Gasteiger partial charge in [0.05, 0.1) is 18.0 Å². The fourth-order valence-corrected chi connectivity index (χ4v) is 3.92. The van der Waals surface area contributed by atoms with Crippen LogP contribution in [0.15, 0.2) is 79.5 Å². The molecule has 1 atom stereocenters. The standard InChI is InChI=1S/C32H38FNO2/c1-4-6-10-22-35-25(3)11-8-7-9-12-27-15-18-29(23-31(27)33)26-13-16-28(17-14-26)32-20-19-30(24-34-32)36-21-5-2/h5,9,12-20,23-25H,2,4,6-8,10-11,21-22H2,1,3H3/b12-9+. The number of hydrogen-bond acceptors (Lipinski definition) is 3. The van der Waals surface area contributed by atoms with Gasteiger partial charge in [-0.15, -0.1) is 0 Å². The van der Waals surface area contributed by atoms with Gasteiger partial charge in [-0.05, 0) is 61.9 Å². The number of pyridine rings is 1. The van der Waals surface area contributed by atoms with E-state index in [0.717, 1.165) is 54.7 Å². The lowest BCUT2D eigenvalue weighted by Gasteiger charge is -2.12. The van der Waals surface area contributed by atoms with E-state index in [0.29, 0.717) is 17.9 Å². The largest absolute Gasteiger partial charge is 0.488 e. The fraction of sp³-hybridized carbons (Fsp3) is 0.344. The van der Waals surface area contributed by atoms with E-state index in [9.17, 15) is 4.39 Å². The summed E-state index contributed by atoms with van der Waals surface area (Å²) in [4.78, 5) is 4.47. The molecule has 1 heterocycles. The molecule has 0 aliphatic heterocycles. The van der Waals surface area contributed by atoms with E-state index in [1.54, 1.807) is 18.3 Å². The number of allylic oxidation sites excluding steroid dienone is 1. The quantitative estimate of drug-likeness (QED) is 0.158. The Morgan fingerprint density at radius 2 is 1.75 bits per heavy atom. The van der Waals surface area contributed by atoms with E-state index in [1.807, 2.05) is 54.6 Å². The molecule has 4 heteroatoms. The predicted molar refractivity (Wildman–Crippen MR) is 149 cm³/mol. The molecule has 36 heavy (non-hydrogen) atoms. The molecule has 190 valence electrons. The SMILES string of the molecule is C=CCOc1ccc(-c2ccc(-c3ccc(/C=C/CCCC(C)OCCCCC)c(F)c3)cc2)nc1. The normalized spacial score (nSPS) is 12.1. The number of unbranched alkanes of at least 4 members (excludes halogenated alkanes) is 3. The van der Waals surface area contributed by atoms with Crippen molar-refractivity contribution >= 4 is 6.08 Å². The molecule has 0 amide bonds. The minimum absolute atomic E-state index is 0.211. The van der Waals surface area contributed by atoms with Crippen molar-refractivity contribution in [3.05, 3.63) is 90.9 Å². The summed E-state index contributed by atoms with van der Waals surface area (Å²) in [5.74, 6) is 0.499. The molecule has 1 aromatic heterocycles. The van der Waals surface area contributed by atoms with Gasteiger partial charge in [-0.3, -0.25) is 4.98 Å². The maximum atomic E-state index is 14.7. The van der Waals surface area contributed by atoms with Crippen molar-refractivity contribution in [2.45, 2.75) is 58.5 Å². The first-order chi connectivity index (χ1) is 17.6. The Hall–Kier alpha value is -3.24. The highest BCUT2D eigenvalue weighted by molar-refractivity contribution is 5.70. The van der Waals surface area contributed by atoms with Crippen LogP contribution in [-0.2, 0) is 4.74 Å². The van der Waals surface area contributed by atoms with Gasteiger partial charge >= 0.3 is 0 Å². The van der Waals surface area contributed by atoms with Gasteiger partial charge < -0.3 is 9.47 Å². The van der Waals surface area contributed by atoms with Gasteiger partial charge in [0.25, 0.3) is 0 Å². The number of aromatic nitrogens is 1. The zero-order valence-corrected chi connectivity index (χ0v) is 21.6. The van der Waals surface area contributed by atoms with E-state index in [-0.39, 0.29) is 11.9 Å². The monoisotopic (exact) mass is 487 g/mol. The van der Waals surface area contributed by atoms with E-state index < -0.39 is 0 Å². The molecule has 0 spiro atoms. The van der Waals surface area contributed by atoms with Gasteiger partial charge in [-0.1, -0.05) is 81.0 Å². The van der Waals surface area contributed by atoms with Crippen LogP contribution in [0.5, 0.6) is 5.75 Å². The molecule has 0 N–H and O–H groups in total. The maximum Gasteiger partial charge on any atom is 0.138 e. The Morgan fingerprint density at radius 3 is 2.44 bits per heavy atom. The number of hydrogen-bond donors (Lipinski definition) is 0. The van der Waals surface area contributed by atoms with Gasteiger partial charge in [0.2, 0.25) is 0 Å². The zero-order valence-electron chi connectivity index (χ0n) is 21.6. The lowest BCUT2D eigenvalue weighted by Crippen LogP contribution is -2.08. The summed E-state index contributed by atoms with van der Waals surface area (Å²) < 4.78 is 26.1. The Bertz CT molecular complexity index is 1090. The molecule has 0 saturated carbocycles. The third-order valence-electron chi connectivity index (χ3n) is 6.05. The summed E-state index contributed by atoms with van der Waals surface area (Å²) in [6.07, 6.45) is 14.2. The lowest BCUT2D eigenvalue weighted by molar-refractivity contribution is 0.0566. The molecule has 3 nitrogen and oxygen atoms in total. The van der Waals surface area contributed by atoms with E-state index in [4.69, 9.17) is 9.47 Å². The van der Waals surface area contributed by atoms with Crippen LogP contribution in [0.3, 0.4) is 0 Å². The molecule has 0 aliphatic rings. The Kier molecular flexibility index (Phi) is 11.4. The molecule has 0 fully saturated rings. The molecule has 0 radical (unpaired) electrons. The molecule has 0 bridgehead atoms. The van der Waals surface area contributed by atoms with Crippen LogP contribution in [0.1, 0.15) is 57.9 Å². The van der Waals surface area contributed by atoms with Crippen LogP contribution in [0.2, 0.25) is 0 Å².